The second kappa shape index (κ2) is 7.37. The number of nitrogens with one attached hydrogen (secondary N) is 1. The zero-order valence-electron chi connectivity index (χ0n) is 12.5. The first-order valence-corrected chi connectivity index (χ1v) is 8.27. The smallest absolute Gasteiger partial charge is 0.270 e. The fourth-order valence-corrected chi connectivity index (χ4v) is 3.29. The molecule has 1 aromatic carbocycles. The Labute approximate surface area is 125 Å². The number of nitrogens with zero attached hydrogens (tertiary/aromatic N) is 2. The van der Waals surface area contributed by atoms with Gasteiger partial charge in [0.1, 0.15) is 4.90 Å². The van der Waals surface area contributed by atoms with Crippen molar-refractivity contribution in [1.82, 2.24) is 4.31 Å². The highest BCUT2D eigenvalue weighted by Crippen LogP contribution is 2.28. The maximum Gasteiger partial charge on any atom is 0.270 e. The molecular weight excluding hydrogens is 294 g/mol. The molecule has 0 aliphatic heterocycles. The molecule has 0 aliphatic rings. The molecule has 0 saturated carbocycles. The molecule has 0 saturated heterocycles. The number of benzene rings is 1. The third-order valence-corrected chi connectivity index (χ3v) is 4.86. The predicted octanol–water partition coefficient (Wildman–Crippen LogP) is 2.45. The zero-order valence-corrected chi connectivity index (χ0v) is 13.3. The van der Waals surface area contributed by atoms with E-state index < -0.39 is 14.9 Å². The van der Waals surface area contributed by atoms with E-state index >= 15 is 0 Å². The second-order valence-corrected chi connectivity index (χ2v) is 6.70. The normalized spacial score (nSPS) is 11.6. The summed E-state index contributed by atoms with van der Waals surface area (Å²) in [5.74, 6) is 0. The Kier molecular flexibility index (Phi) is 6.10. The topological polar surface area (TPSA) is 92.5 Å². The van der Waals surface area contributed by atoms with Crippen molar-refractivity contribution in [2.75, 3.05) is 25.5 Å². The number of nitro benzene ring substituents is 1. The monoisotopic (exact) mass is 315 g/mol. The number of non-ortho nitro benzene ring substituents is 1. The minimum absolute atomic E-state index is 0.0545. The van der Waals surface area contributed by atoms with Crippen LogP contribution in [0.3, 0.4) is 0 Å². The number of hydrogen-bond donors (Lipinski definition) is 1. The van der Waals surface area contributed by atoms with Gasteiger partial charge in [-0.15, -0.1) is 0 Å². The van der Waals surface area contributed by atoms with Gasteiger partial charge in [0.05, 0.1) is 10.6 Å². The van der Waals surface area contributed by atoms with Crippen LogP contribution in [0.2, 0.25) is 0 Å². The molecule has 7 nitrogen and oxygen atoms in total. The van der Waals surface area contributed by atoms with Crippen molar-refractivity contribution in [3.63, 3.8) is 0 Å². The maximum absolute atomic E-state index is 12.5. The molecule has 0 amide bonds. The Balaban J connectivity index is 3.34. The van der Waals surface area contributed by atoms with Crippen LogP contribution in [-0.2, 0) is 10.0 Å². The molecule has 0 aromatic heterocycles. The van der Waals surface area contributed by atoms with Crippen LogP contribution in [0.4, 0.5) is 11.4 Å². The van der Waals surface area contributed by atoms with Crippen LogP contribution in [-0.4, -0.2) is 37.8 Å². The Hall–Kier alpha value is -1.67. The quantitative estimate of drug-likeness (QED) is 0.587. The zero-order chi connectivity index (χ0) is 16.0. The van der Waals surface area contributed by atoms with E-state index in [0.29, 0.717) is 25.2 Å². The number of sulfonamides is 1. The molecular formula is C13H21N3O4S. The minimum Gasteiger partial charge on any atom is -0.384 e. The van der Waals surface area contributed by atoms with E-state index in [1.54, 1.807) is 0 Å². The third-order valence-electron chi connectivity index (χ3n) is 2.97. The van der Waals surface area contributed by atoms with Crippen LogP contribution < -0.4 is 5.32 Å². The predicted molar refractivity (Wildman–Crippen MR) is 82.0 cm³/mol. The molecule has 0 spiro atoms. The van der Waals surface area contributed by atoms with Crippen LogP contribution in [0.25, 0.3) is 0 Å². The van der Waals surface area contributed by atoms with E-state index in [4.69, 9.17) is 0 Å². The highest BCUT2D eigenvalue weighted by Gasteiger charge is 2.26. The van der Waals surface area contributed by atoms with Gasteiger partial charge < -0.3 is 5.32 Å². The van der Waals surface area contributed by atoms with Gasteiger partial charge in [0.2, 0.25) is 10.0 Å². The minimum atomic E-state index is -3.75. The average molecular weight is 315 g/mol. The van der Waals surface area contributed by atoms with E-state index in [0.717, 1.165) is 12.5 Å². The summed E-state index contributed by atoms with van der Waals surface area (Å²) < 4.78 is 26.3. The fraction of sp³-hybridized carbons (Fsp3) is 0.538. The lowest BCUT2D eigenvalue weighted by Gasteiger charge is -2.19. The molecule has 0 fully saturated rings. The summed E-state index contributed by atoms with van der Waals surface area (Å²) in [6, 6.07) is 3.86. The molecule has 0 bridgehead atoms. The van der Waals surface area contributed by atoms with Crippen LogP contribution in [0.5, 0.6) is 0 Å². The van der Waals surface area contributed by atoms with Crippen molar-refractivity contribution in [1.29, 1.82) is 0 Å². The van der Waals surface area contributed by atoms with Crippen LogP contribution in [0.15, 0.2) is 23.1 Å². The Morgan fingerprint density at radius 3 is 2.48 bits per heavy atom. The molecule has 118 valence electrons. The summed E-state index contributed by atoms with van der Waals surface area (Å²) >= 11 is 0. The van der Waals surface area contributed by atoms with Crippen molar-refractivity contribution >= 4 is 21.4 Å². The van der Waals surface area contributed by atoms with Gasteiger partial charge in [-0.2, -0.15) is 0 Å². The molecule has 0 aliphatic carbocycles. The molecule has 0 radical (unpaired) electrons. The first-order valence-electron chi connectivity index (χ1n) is 6.83. The molecule has 1 rings (SSSR count). The molecule has 0 atom stereocenters. The highest BCUT2D eigenvalue weighted by atomic mass is 32.2. The van der Waals surface area contributed by atoms with E-state index in [9.17, 15) is 18.5 Å². The van der Waals surface area contributed by atoms with Crippen molar-refractivity contribution in [2.45, 2.75) is 31.6 Å². The van der Waals surface area contributed by atoms with Crippen molar-refractivity contribution in [3.8, 4) is 0 Å². The number of nitro groups is 1. The lowest BCUT2D eigenvalue weighted by molar-refractivity contribution is -0.385. The summed E-state index contributed by atoms with van der Waals surface area (Å²) in [6.45, 7) is 4.78. The van der Waals surface area contributed by atoms with Crippen molar-refractivity contribution in [3.05, 3.63) is 28.3 Å². The first kappa shape index (κ1) is 17.4. The lowest BCUT2D eigenvalue weighted by Crippen LogP contribution is -2.28. The molecule has 0 heterocycles. The summed E-state index contributed by atoms with van der Waals surface area (Å²) in [6.07, 6.45) is 1.49. The lowest BCUT2D eigenvalue weighted by atomic mass is 10.3. The Morgan fingerprint density at radius 1 is 1.29 bits per heavy atom. The van der Waals surface area contributed by atoms with Gasteiger partial charge in [0, 0.05) is 32.3 Å². The van der Waals surface area contributed by atoms with Crippen LogP contribution >= 0.6 is 0 Å². The summed E-state index contributed by atoms with van der Waals surface area (Å²) in [5, 5.41) is 13.9. The van der Waals surface area contributed by atoms with Crippen LogP contribution in [0, 0.1) is 10.1 Å². The molecule has 0 unspecified atom stereocenters. The first-order chi connectivity index (χ1) is 9.84. The SMILES string of the molecule is CCCNc1ccc([N+](=O)[O-])cc1S(=O)(=O)N(C)CCC. The number of hydrogen-bond acceptors (Lipinski definition) is 5. The number of rotatable bonds is 8. The van der Waals surface area contributed by atoms with Gasteiger partial charge >= 0.3 is 0 Å². The van der Waals surface area contributed by atoms with E-state index in [1.807, 2.05) is 13.8 Å². The summed E-state index contributed by atoms with van der Waals surface area (Å²) in [7, 11) is -2.28. The van der Waals surface area contributed by atoms with Gasteiger partial charge in [0.15, 0.2) is 0 Å². The molecule has 21 heavy (non-hydrogen) atoms. The number of anilines is 1. The Bertz CT molecular complexity index is 601. The van der Waals surface area contributed by atoms with Gasteiger partial charge in [-0.1, -0.05) is 13.8 Å². The van der Waals surface area contributed by atoms with E-state index in [-0.39, 0.29) is 10.6 Å². The summed E-state index contributed by atoms with van der Waals surface area (Å²) in [5.41, 5.74) is 0.158. The summed E-state index contributed by atoms with van der Waals surface area (Å²) in [4.78, 5) is 10.2. The molecule has 1 N–H and O–H groups in total. The largest absolute Gasteiger partial charge is 0.384 e. The van der Waals surface area contributed by atoms with Gasteiger partial charge in [-0.05, 0) is 18.9 Å². The molecule has 8 heteroatoms. The van der Waals surface area contributed by atoms with Gasteiger partial charge in [-0.3, -0.25) is 10.1 Å². The fourth-order valence-electron chi connectivity index (χ4n) is 1.85. The average Bonchev–Trinajstić information content (AvgIpc) is 2.44. The second-order valence-electron chi connectivity index (χ2n) is 4.69. The highest BCUT2D eigenvalue weighted by molar-refractivity contribution is 7.89. The standard InChI is InChI=1S/C13H21N3O4S/c1-4-8-14-12-7-6-11(16(17)18)10-13(12)21(19,20)15(3)9-5-2/h6-7,10,14H,4-5,8-9H2,1-3H3. The van der Waals surface area contributed by atoms with Gasteiger partial charge in [-0.25, -0.2) is 12.7 Å². The van der Waals surface area contributed by atoms with Crippen LogP contribution in [0.1, 0.15) is 26.7 Å². The van der Waals surface area contributed by atoms with Crippen molar-refractivity contribution < 1.29 is 13.3 Å². The van der Waals surface area contributed by atoms with E-state index in [1.165, 1.54) is 23.5 Å². The molecule has 1 aromatic rings. The maximum atomic E-state index is 12.5. The van der Waals surface area contributed by atoms with Gasteiger partial charge in [0.25, 0.3) is 5.69 Å². The van der Waals surface area contributed by atoms with Crippen molar-refractivity contribution in [2.24, 2.45) is 0 Å². The third kappa shape index (κ3) is 4.15. The van der Waals surface area contributed by atoms with E-state index in [2.05, 4.69) is 5.32 Å². The Morgan fingerprint density at radius 2 is 1.95 bits per heavy atom.